The summed E-state index contributed by atoms with van der Waals surface area (Å²) in [6, 6.07) is 22.1. The Morgan fingerprint density at radius 2 is 1.36 bits per heavy atom. The van der Waals surface area contributed by atoms with Gasteiger partial charge in [-0.1, -0.05) is 48.5 Å². The molecule has 0 saturated carbocycles. The average molecular weight is 487 g/mol. The van der Waals surface area contributed by atoms with E-state index in [1.54, 1.807) is 12.1 Å². The summed E-state index contributed by atoms with van der Waals surface area (Å²) >= 11 is 0. The third kappa shape index (κ3) is 6.21. The molecule has 0 aliphatic rings. The van der Waals surface area contributed by atoms with Gasteiger partial charge in [-0.2, -0.15) is 0 Å². The molecule has 0 aliphatic carbocycles. The molecule has 0 fully saturated rings. The summed E-state index contributed by atoms with van der Waals surface area (Å²) in [5, 5.41) is 28.0. The molecule has 36 heavy (non-hydrogen) atoms. The van der Waals surface area contributed by atoms with Crippen LogP contribution < -0.4 is 16.0 Å². The maximum absolute atomic E-state index is 13.4. The third-order valence-corrected chi connectivity index (χ3v) is 5.72. The molecule has 9 heteroatoms. The smallest absolute Gasteiger partial charge is 0.317 e. The van der Waals surface area contributed by atoms with Crippen molar-refractivity contribution in [1.29, 1.82) is 0 Å². The first-order chi connectivity index (χ1) is 17.4. The van der Waals surface area contributed by atoms with Crippen LogP contribution in [-0.4, -0.2) is 58.7 Å². The van der Waals surface area contributed by atoms with E-state index in [2.05, 4.69) is 20.9 Å². The van der Waals surface area contributed by atoms with Crippen LogP contribution in [0.4, 0.5) is 5.69 Å². The number of hydrogen-bond acceptors (Lipinski definition) is 6. The fraction of sp³-hybridized carbons (Fsp3) is 0.185. The number of aliphatic carboxylic acids is 2. The van der Waals surface area contributed by atoms with Crippen LogP contribution in [0, 0.1) is 0 Å². The van der Waals surface area contributed by atoms with Gasteiger partial charge in [-0.3, -0.25) is 14.4 Å². The van der Waals surface area contributed by atoms with Crippen LogP contribution >= 0.6 is 0 Å². The van der Waals surface area contributed by atoms with Gasteiger partial charge in [0.05, 0.1) is 29.7 Å². The topological polar surface area (TPSA) is 141 Å². The minimum atomic E-state index is -0.993. The van der Waals surface area contributed by atoms with Gasteiger partial charge in [-0.15, -0.1) is 0 Å². The molecule has 1 atom stereocenters. The largest absolute Gasteiger partial charge is 0.480 e. The number of hydrogen-bond donors (Lipinski definition) is 5. The molecule has 0 spiro atoms. The van der Waals surface area contributed by atoms with Crippen molar-refractivity contribution in [3.8, 4) is 0 Å². The number of carboxylic acids is 2. The standard InChI is InChI=1S/C27H26N4O5/c32-24(33)15-28-14-19(29-16-25(34)35)13-17-9-11-18(12-10-17)30-27(36)26-20-5-1-3-7-22(20)31-23-8-4-2-6-21(23)26/h1-12,19,28-29H,13-16H2,(H,30,36)(H,32,33)(H,34,35). The molecule has 5 N–H and O–H groups in total. The van der Waals surface area contributed by atoms with E-state index in [1.165, 1.54) is 0 Å². The van der Waals surface area contributed by atoms with Crippen molar-refractivity contribution in [3.63, 3.8) is 0 Å². The molecule has 4 aromatic rings. The molecule has 0 radical (unpaired) electrons. The van der Waals surface area contributed by atoms with Gasteiger partial charge in [0, 0.05) is 29.0 Å². The van der Waals surface area contributed by atoms with Crippen LogP contribution in [0.5, 0.6) is 0 Å². The minimum Gasteiger partial charge on any atom is -0.480 e. The predicted molar refractivity (Wildman–Crippen MR) is 137 cm³/mol. The van der Waals surface area contributed by atoms with Gasteiger partial charge in [0.25, 0.3) is 5.91 Å². The van der Waals surface area contributed by atoms with Crippen molar-refractivity contribution in [2.45, 2.75) is 12.5 Å². The van der Waals surface area contributed by atoms with E-state index in [0.29, 0.717) is 24.2 Å². The number of anilines is 1. The third-order valence-electron chi connectivity index (χ3n) is 5.72. The van der Waals surface area contributed by atoms with E-state index in [-0.39, 0.29) is 25.0 Å². The van der Waals surface area contributed by atoms with Crippen molar-refractivity contribution < 1.29 is 24.6 Å². The molecule has 1 aromatic heterocycles. The summed E-state index contributed by atoms with van der Waals surface area (Å²) in [6.45, 7) is -0.156. The Morgan fingerprint density at radius 3 is 1.94 bits per heavy atom. The Labute approximate surface area is 207 Å². The van der Waals surface area contributed by atoms with E-state index in [1.807, 2.05) is 60.7 Å². The highest BCUT2D eigenvalue weighted by Gasteiger charge is 2.16. The molecule has 0 aliphatic heterocycles. The number of aromatic nitrogens is 1. The number of fused-ring (bicyclic) bond motifs is 2. The fourth-order valence-corrected chi connectivity index (χ4v) is 4.09. The molecule has 1 heterocycles. The molecular weight excluding hydrogens is 460 g/mol. The quantitative estimate of drug-likeness (QED) is 0.204. The van der Waals surface area contributed by atoms with Crippen LogP contribution in [-0.2, 0) is 16.0 Å². The van der Waals surface area contributed by atoms with Crippen LogP contribution in [0.2, 0.25) is 0 Å². The molecule has 1 amide bonds. The Bertz CT molecular complexity index is 1350. The number of benzene rings is 3. The lowest BCUT2D eigenvalue weighted by atomic mass is 10.0. The van der Waals surface area contributed by atoms with Gasteiger partial charge in [-0.05, 0) is 36.2 Å². The number of nitrogens with one attached hydrogen (secondary N) is 3. The summed E-state index contributed by atoms with van der Waals surface area (Å²) in [7, 11) is 0. The van der Waals surface area contributed by atoms with Crippen molar-refractivity contribution in [1.82, 2.24) is 15.6 Å². The lowest BCUT2D eigenvalue weighted by Gasteiger charge is -2.18. The van der Waals surface area contributed by atoms with E-state index >= 15 is 0 Å². The summed E-state index contributed by atoms with van der Waals surface area (Å²) < 4.78 is 0. The zero-order valence-corrected chi connectivity index (χ0v) is 19.4. The maximum Gasteiger partial charge on any atom is 0.317 e. The summed E-state index contributed by atoms with van der Waals surface area (Å²) in [4.78, 5) is 39.7. The maximum atomic E-state index is 13.4. The van der Waals surface area contributed by atoms with Gasteiger partial charge in [-0.25, -0.2) is 4.98 Å². The van der Waals surface area contributed by atoms with Gasteiger partial charge < -0.3 is 26.2 Å². The number of carboxylic acid groups (broad SMARTS) is 2. The number of pyridine rings is 1. The van der Waals surface area contributed by atoms with E-state index in [9.17, 15) is 14.4 Å². The second-order valence-corrected chi connectivity index (χ2v) is 8.37. The predicted octanol–water partition coefficient (Wildman–Crippen LogP) is 2.90. The van der Waals surface area contributed by atoms with Crippen molar-refractivity contribution in [2.75, 3.05) is 25.0 Å². The first-order valence-electron chi connectivity index (χ1n) is 11.5. The highest BCUT2D eigenvalue weighted by atomic mass is 16.4. The number of carbonyl (C=O) groups is 3. The number of nitrogens with zero attached hydrogens (tertiary/aromatic N) is 1. The van der Waals surface area contributed by atoms with Crippen molar-refractivity contribution >= 4 is 45.3 Å². The zero-order valence-electron chi connectivity index (χ0n) is 19.4. The average Bonchev–Trinajstić information content (AvgIpc) is 2.86. The first-order valence-corrected chi connectivity index (χ1v) is 11.5. The Morgan fingerprint density at radius 1 is 0.778 bits per heavy atom. The van der Waals surface area contributed by atoms with Crippen LogP contribution in [0.1, 0.15) is 15.9 Å². The van der Waals surface area contributed by atoms with E-state index in [4.69, 9.17) is 10.2 Å². The first kappa shape index (κ1) is 24.8. The Hall–Kier alpha value is -4.34. The van der Waals surface area contributed by atoms with Crippen molar-refractivity contribution in [2.24, 2.45) is 0 Å². The highest BCUT2D eigenvalue weighted by molar-refractivity contribution is 6.20. The van der Waals surface area contributed by atoms with E-state index in [0.717, 1.165) is 27.4 Å². The summed E-state index contributed by atoms with van der Waals surface area (Å²) in [5.74, 6) is -2.22. The second kappa shape index (κ2) is 11.4. The monoisotopic (exact) mass is 486 g/mol. The Kier molecular flexibility index (Phi) is 7.84. The number of para-hydroxylation sites is 2. The summed E-state index contributed by atoms with van der Waals surface area (Å²) in [5.41, 5.74) is 3.57. The van der Waals surface area contributed by atoms with Gasteiger partial charge in [0.1, 0.15) is 0 Å². The molecule has 4 rings (SSSR count). The van der Waals surface area contributed by atoms with Gasteiger partial charge >= 0.3 is 11.9 Å². The number of carbonyl (C=O) groups excluding carboxylic acids is 1. The van der Waals surface area contributed by atoms with Crippen molar-refractivity contribution in [3.05, 3.63) is 83.9 Å². The normalized spacial score (nSPS) is 11.9. The summed E-state index contributed by atoms with van der Waals surface area (Å²) in [6.07, 6.45) is 0.480. The lowest BCUT2D eigenvalue weighted by Crippen LogP contribution is -2.43. The number of rotatable bonds is 11. The SMILES string of the molecule is O=C(O)CNCC(Cc1ccc(NC(=O)c2c3ccccc3nc3ccccc23)cc1)NCC(=O)O. The number of amides is 1. The van der Waals surface area contributed by atoms with E-state index < -0.39 is 11.9 Å². The highest BCUT2D eigenvalue weighted by Crippen LogP contribution is 2.27. The molecule has 0 bridgehead atoms. The van der Waals surface area contributed by atoms with Gasteiger partial charge in [0.15, 0.2) is 0 Å². The molecule has 0 saturated heterocycles. The Balaban J connectivity index is 1.50. The molecule has 1 unspecified atom stereocenters. The lowest BCUT2D eigenvalue weighted by molar-refractivity contribution is -0.137. The molecule has 9 nitrogen and oxygen atoms in total. The zero-order chi connectivity index (χ0) is 25.5. The second-order valence-electron chi connectivity index (χ2n) is 8.37. The molecular formula is C27H26N4O5. The fourth-order valence-electron chi connectivity index (χ4n) is 4.09. The van der Waals surface area contributed by atoms with Crippen LogP contribution in [0.25, 0.3) is 21.8 Å². The molecule has 3 aromatic carbocycles. The minimum absolute atomic E-state index is 0.214. The molecule has 184 valence electrons. The van der Waals surface area contributed by atoms with Gasteiger partial charge in [0.2, 0.25) is 0 Å². The van der Waals surface area contributed by atoms with Crippen LogP contribution in [0.15, 0.2) is 72.8 Å². The van der Waals surface area contributed by atoms with Crippen LogP contribution in [0.3, 0.4) is 0 Å².